The fourth-order valence-corrected chi connectivity index (χ4v) is 3.01. The van der Waals surface area contributed by atoms with Gasteiger partial charge in [0.2, 0.25) is 0 Å². The molecule has 1 aliphatic heterocycles. The molecule has 1 N–H and O–H groups in total. The van der Waals surface area contributed by atoms with Gasteiger partial charge < -0.3 is 14.7 Å². The quantitative estimate of drug-likeness (QED) is 0.916. The van der Waals surface area contributed by atoms with E-state index in [2.05, 4.69) is 4.98 Å². The van der Waals surface area contributed by atoms with E-state index in [1.807, 2.05) is 12.1 Å². The first-order valence-electron chi connectivity index (χ1n) is 7.80. The van der Waals surface area contributed by atoms with E-state index in [0.29, 0.717) is 30.9 Å². The molecule has 2 aromatic rings. The van der Waals surface area contributed by atoms with E-state index < -0.39 is 11.9 Å². The van der Waals surface area contributed by atoms with Crippen LogP contribution < -0.4 is 15.2 Å². The summed E-state index contributed by atoms with van der Waals surface area (Å²) in [6.45, 7) is 0.926. The lowest BCUT2D eigenvalue weighted by Gasteiger charge is -2.31. The average Bonchev–Trinajstić information content (AvgIpc) is 2.62. The molecule has 0 spiro atoms. The van der Waals surface area contributed by atoms with Crippen molar-refractivity contribution in [1.82, 2.24) is 9.55 Å². The highest BCUT2D eigenvalue weighted by Crippen LogP contribution is 2.23. The number of aliphatic carboxylic acids is 1. The van der Waals surface area contributed by atoms with E-state index in [1.165, 1.54) is 4.57 Å². The third kappa shape index (κ3) is 2.97. The van der Waals surface area contributed by atoms with Gasteiger partial charge in [-0.15, -0.1) is 0 Å². The van der Waals surface area contributed by atoms with Crippen LogP contribution in [0.1, 0.15) is 12.8 Å². The van der Waals surface area contributed by atoms with E-state index in [-0.39, 0.29) is 11.4 Å². The molecule has 0 aliphatic carbocycles. The molecule has 1 aliphatic rings. The number of carboxylic acids is 1. The minimum Gasteiger partial charge on any atom is -0.495 e. The van der Waals surface area contributed by atoms with Gasteiger partial charge in [-0.25, -0.2) is 4.98 Å². The molecule has 7 nitrogen and oxygen atoms in total. The summed E-state index contributed by atoms with van der Waals surface area (Å²) in [6.07, 6.45) is 4.48. The highest BCUT2D eigenvalue weighted by atomic mass is 16.5. The van der Waals surface area contributed by atoms with E-state index >= 15 is 0 Å². The van der Waals surface area contributed by atoms with Crippen LogP contribution >= 0.6 is 0 Å². The molecule has 1 atom stereocenters. The third-order valence-corrected chi connectivity index (χ3v) is 4.24. The summed E-state index contributed by atoms with van der Waals surface area (Å²) in [6, 6.07) is 7.23. The van der Waals surface area contributed by atoms with Crippen molar-refractivity contribution < 1.29 is 14.6 Å². The number of methoxy groups -OCH3 is 1. The topological polar surface area (TPSA) is 84.7 Å². The summed E-state index contributed by atoms with van der Waals surface area (Å²) in [5, 5.41) is 9.23. The standard InChI is InChI=1S/C17H19N3O4/c1-24-14-7-3-2-6-13(14)20-10-8-18-15(16(20)21)19-9-4-5-12(11-19)17(22)23/h2-3,6-8,10,12H,4-5,9,11H2,1H3,(H,22,23)/t12-/m1/s1. The first-order chi connectivity index (χ1) is 11.6. The summed E-state index contributed by atoms with van der Waals surface area (Å²) in [4.78, 5) is 30.1. The minimum absolute atomic E-state index is 0.273. The van der Waals surface area contributed by atoms with Gasteiger partial charge in [0.1, 0.15) is 5.75 Å². The summed E-state index contributed by atoms with van der Waals surface area (Å²) < 4.78 is 6.79. The maximum absolute atomic E-state index is 12.9. The number of hydrogen-bond acceptors (Lipinski definition) is 5. The summed E-state index contributed by atoms with van der Waals surface area (Å²) >= 11 is 0. The predicted molar refractivity (Wildman–Crippen MR) is 89.0 cm³/mol. The molecule has 0 radical (unpaired) electrons. The number of hydrogen-bond donors (Lipinski definition) is 1. The van der Waals surface area contributed by atoms with E-state index in [9.17, 15) is 14.7 Å². The summed E-state index contributed by atoms with van der Waals surface area (Å²) in [5.74, 6) is -0.450. The zero-order valence-corrected chi connectivity index (χ0v) is 13.4. The Morgan fingerprint density at radius 1 is 1.38 bits per heavy atom. The van der Waals surface area contributed by atoms with Crippen LogP contribution in [-0.2, 0) is 4.79 Å². The number of anilines is 1. The molecule has 0 bridgehead atoms. The molecule has 24 heavy (non-hydrogen) atoms. The summed E-state index contributed by atoms with van der Waals surface area (Å²) in [7, 11) is 1.55. The molecular weight excluding hydrogens is 310 g/mol. The number of carboxylic acid groups (broad SMARTS) is 1. The van der Waals surface area contributed by atoms with Crippen LogP contribution in [0.15, 0.2) is 41.5 Å². The predicted octanol–water partition coefficient (Wildman–Crippen LogP) is 1.54. The average molecular weight is 329 g/mol. The SMILES string of the molecule is COc1ccccc1-n1ccnc(N2CCC[C@@H](C(=O)O)C2)c1=O. The molecule has 0 unspecified atom stereocenters. The first-order valence-corrected chi connectivity index (χ1v) is 7.80. The zero-order valence-electron chi connectivity index (χ0n) is 13.4. The van der Waals surface area contributed by atoms with Crippen LogP contribution in [-0.4, -0.2) is 40.8 Å². The molecule has 2 heterocycles. The van der Waals surface area contributed by atoms with Crippen LogP contribution in [0.5, 0.6) is 5.75 Å². The number of ether oxygens (including phenoxy) is 1. The van der Waals surface area contributed by atoms with Crippen molar-refractivity contribution in [2.45, 2.75) is 12.8 Å². The second-order valence-electron chi connectivity index (χ2n) is 5.72. The maximum Gasteiger partial charge on any atom is 0.308 e. The lowest BCUT2D eigenvalue weighted by atomic mass is 9.98. The highest BCUT2D eigenvalue weighted by molar-refractivity contribution is 5.71. The normalized spacial score (nSPS) is 17.5. The van der Waals surface area contributed by atoms with Crippen LogP contribution in [0.3, 0.4) is 0 Å². The third-order valence-electron chi connectivity index (χ3n) is 4.24. The first kappa shape index (κ1) is 16.0. The van der Waals surface area contributed by atoms with Crippen LogP contribution in [0.25, 0.3) is 5.69 Å². The Kier molecular flexibility index (Phi) is 4.50. The number of carbonyl (C=O) groups is 1. The van der Waals surface area contributed by atoms with E-state index in [1.54, 1.807) is 36.5 Å². The van der Waals surface area contributed by atoms with E-state index in [0.717, 1.165) is 6.42 Å². The van der Waals surface area contributed by atoms with Crippen LogP contribution in [0.4, 0.5) is 5.82 Å². The molecule has 126 valence electrons. The van der Waals surface area contributed by atoms with Gasteiger partial charge in [-0.2, -0.15) is 0 Å². The van der Waals surface area contributed by atoms with Gasteiger partial charge in [-0.1, -0.05) is 12.1 Å². The number of benzene rings is 1. The van der Waals surface area contributed by atoms with Crippen molar-refractivity contribution in [3.63, 3.8) is 0 Å². The van der Waals surface area contributed by atoms with Gasteiger partial charge >= 0.3 is 5.97 Å². The molecule has 7 heteroatoms. The monoisotopic (exact) mass is 329 g/mol. The zero-order chi connectivity index (χ0) is 17.1. The number of rotatable bonds is 4. The Morgan fingerprint density at radius 3 is 2.92 bits per heavy atom. The lowest BCUT2D eigenvalue weighted by Crippen LogP contribution is -2.42. The second kappa shape index (κ2) is 6.74. The number of para-hydroxylation sites is 2. The minimum atomic E-state index is -0.833. The van der Waals surface area contributed by atoms with Gasteiger partial charge in [0.25, 0.3) is 5.56 Å². The fraction of sp³-hybridized carbons (Fsp3) is 0.353. The van der Waals surface area contributed by atoms with Gasteiger partial charge in [0, 0.05) is 25.5 Å². The molecule has 0 amide bonds. The fourth-order valence-electron chi connectivity index (χ4n) is 3.01. The Morgan fingerprint density at radius 2 is 2.17 bits per heavy atom. The Labute approximate surface area is 139 Å². The molecule has 1 fully saturated rings. The van der Waals surface area contributed by atoms with Crippen molar-refractivity contribution in [3.8, 4) is 11.4 Å². The van der Waals surface area contributed by atoms with Gasteiger partial charge in [0.05, 0.1) is 18.7 Å². The van der Waals surface area contributed by atoms with Gasteiger partial charge in [-0.05, 0) is 25.0 Å². The number of nitrogens with zero attached hydrogens (tertiary/aromatic N) is 3. The summed E-state index contributed by atoms with van der Waals surface area (Å²) in [5.41, 5.74) is 0.341. The maximum atomic E-state index is 12.9. The molecule has 1 aromatic carbocycles. The molecule has 0 saturated carbocycles. The Balaban J connectivity index is 2.00. The number of aromatic nitrogens is 2. The molecule has 1 saturated heterocycles. The largest absolute Gasteiger partial charge is 0.495 e. The van der Waals surface area contributed by atoms with Gasteiger partial charge in [-0.3, -0.25) is 14.2 Å². The van der Waals surface area contributed by atoms with Crippen molar-refractivity contribution in [2.24, 2.45) is 5.92 Å². The molecular formula is C17H19N3O4. The number of piperidine rings is 1. The molecule has 1 aromatic heterocycles. The van der Waals surface area contributed by atoms with Crippen LogP contribution in [0.2, 0.25) is 0 Å². The van der Waals surface area contributed by atoms with E-state index in [4.69, 9.17) is 4.74 Å². The van der Waals surface area contributed by atoms with Crippen molar-refractivity contribution in [1.29, 1.82) is 0 Å². The molecule has 3 rings (SSSR count). The Bertz CT molecular complexity index is 802. The lowest BCUT2D eigenvalue weighted by molar-refractivity contribution is -0.141. The van der Waals surface area contributed by atoms with Crippen molar-refractivity contribution in [2.75, 3.05) is 25.1 Å². The van der Waals surface area contributed by atoms with Crippen molar-refractivity contribution >= 4 is 11.8 Å². The Hall–Kier alpha value is -2.83. The smallest absolute Gasteiger partial charge is 0.308 e. The highest BCUT2D eigenvalue weighted by Gasteiger charge is 2.27. The second-order valence-corrected chi connectivity index (χ2v) is 5.72. The van der Waals surface area contributed by atoms with Gasteiger partial charge in [0.15, 0.2) is 5.82 Å². The van der Waals surface area contributed by atoms with Crippen LogP contribution in [0, 0.1) is 5.92 Å². The van der Waals surface area contributed by atoms with Crippen molar-refractivity contribution in [3.05, 3.63) is 47.0 Å².